The zero-order chi connectivity index (χ0) is 24.5. The van der Waals surface area contributed by atoms with Crippen molar-refractivity contribution in [1.82, 2.24) is 0 Å². The second kappa shape index (κ2) is 9.40. The van der Waals surface area contributed by atoms with Gasteiger partial charge < -0.3 is 15.8 Å². The highest BCUT2D eigenvalue weighted by Crippen LogP contribution is 2.37. The van der Waals surface area contributed by atoms with E-state index in [1.807, 2.05) is 22.6 Å². The minimum absolute atomic E-state index is 0.283. The maximum Gasteiger partial charge on any atom is 0.296 e. The summed E-state index contributed by atoms with van der Waals surface area (Å²) in [6, 6.07) is 6.98. The van der Waals surface area contributed by atoms with Gasteiger partial charge in [0, 0.05) is 15.7 Å². The van der Waals surface area contributed by atoms with Crippen LogP contribution in [-0.4, -0.2) is 14.3 Å². The van der Waals surface area contributed by atoms with Crippen molar-refractivity contribution in [3.05, 3.63) is 74.9 Å². The molecule has 0 bridgehead atoms. The number of rotatable bonds is 7. The second-order valence-electron chi connectivity index (χ2n) is 6.42. The second-order valence-corrected chi connectivity index (χ2v) is 8.96. The number of benzene rings is 3. The van der Waals surface area contributed by atoms with Gasteiger partial charge in [-0.05, 0) is 52.9 Å². The standard InChI is InChI=1S/C19H13F4IN4O4S/c20-10-3-2-9(6-14(10)28-33(26,30)31)32-15-7-12(22)17(23)18(16(15)19(25)29)27-13-4-1-8(24)5-11(13)21/h1-7,27-28H,(H2,25,29)(H2,26,30,31). The van der Waals surface area contributed by atoms with E-state index < -0.39 is 62.1 Å². The number of hydrogen-bond donors (Lipinski definition) is 4. The molecule has 0 aromatic heterocycles. The van der Waals surface area contributed by atoms with Gasteiger partial charge >= 0.3 is 0 Å². The zero-order valence-electron chi connectivity index (χ0n) is 16.1. The number of carbonyl (C=O) groups is 1. The van der Waals surface area contributed by atoms with Gasteiger partial charge in [0.1, 0.15) is 28.7 Å². The number of nitrogens with one attached hydrogen (secondary N) is 2. The maximum absolute atomic E-state index is 14.6. The monoisotopic (exact) mass is 596 g/mol. The van der Waals surface area contributed by atoms with E-state index in [9.17, 15) is 30.8 Å². The summed E-state index contributed by atoms with van der Waals surface area (Å²) in [7, 11) is -4.35. The summed E-state index contributed by atoms with van der Waals surface area (Å²) in [5.74, 6) is -7.01. The summed E-state index contributed by atoms with van der Waals surface area (Å²) in [6.45, 7) is 0. The lowest BCUT2D eigenvalue weighted by atomic mass is 10.1. The van der Waals surface area contributed by atoms with Gasteiger partial charge in [0.2, 0.25) is 0 Å². The van der Waals surface area contributed by atoms with Crippen LogP contribution in [0.2, 0.25) is 0 Å². The Labute approximate surface area is 198 Å². The fourth-order valence-corrected chi connectivity index (χ4v) is 3.61. The van der Waals surface area contributed by atoms with E-state index in [2.05, 4.69) is 5.32 Å². The molecule has 0 atom stereocenters. The van der Waals surface area contributed by atoms with Gasteiger partial charge in [0.25, 0.3) is 16.1 Å². The molecule has 0 radical (unpaired) electrons. The number of carbonyl (C=O) groups excluding carboxylic acids is 1. The minimum Gasteiger partial charge on any atom is -0.456 e. The molecule has 33 heavy (non-hydrogen) atoms. The molecule has 0 saturated carbocycles. The third-order valence-corrected chi connectivity index (χ3v) is 5.21. The summed E-state index contributed by atoms with van der Waals surface area (Å²) >= 11 is 1.84. The molecule has 0 heterocycles. The molecule has 0 saturated heterocycles. The van der Waals surface area contributed by atoms with Crippen molar-refractivity contribution in [3.63, 3.8) is 0 Å². The van der Waals surface area contributed by atoms with E-state index in [0.717, 1.165) is 24.3 Å². The number of hydrogen-bond acceptors (Lipinski definition) is 5. The molecule has 0 spiro atoms. The lowest BCUT2D eigenvalue weighted by Crippen LogP contribution is -2.22. The summed E-state index contributed by atoms with van der Waals surface area (Å²) in [5.41, 5.74) is 2.95. The first-order valence-corrected chi connectivity index (χ1v) is 11.3. The SMILES string of the molecule is NC(=O)c1c(Oc2ccc(F)c(NS(N)(=O)=O)c2)cc(F)c(F)c1Nc1ccc(I)cc1F. The minimum atomic E-state index is -4.35. The molecule has 6 N–H and O–H groups in total. The number of primary amides is 1. The van der Waals surface area contributed by atoms with Gasteiger partial charge in [-0.2, -0.15) is 8.42 Å². The Morgan fingerprint density at radius 3 is 2.24 bits per heavy atom. The molecule has 8 nitrogen and oxygen atoms in total. The van der Waals surface area contributed by atoms with Crippen LogP contribution in [0.4, 0.5) is 34.6 Å². The van der Waals surface area contributed by atoms with E-state index in [1.54, 1.807) is 4.72 Å². The van der Waals surface area contributed by atoms with Crippen LogP contribution in [0.25, 0.3) is 0 Å². The van der Waals surface area contributed by atoms with Gasteiger partial charge in [-0.1, -0.05) is 0 Å². The third-order valence-electron chi connectivity index (χ3n) is 4.04. The fourth-order valence-electron chi connectivity index (χ4n) is 2.70. The first-order chi connectivity index (χ1) is 15.4. The third kappa shape index (κ3) is 5.82. The van der Waals surface area contributed by atoms with Crippen molar-refractivity contribution in [2.24, 2.45) is 10.9 Å². The molecule has 3 aromatic rings. The van der Waals surface area contributed by atoms with Gasteiger partial charge in [0.05, 0.1) is 17.1 Å². The average molecular weight is 596 g/mol. The van der Waals surface area contributed by atoms with Crippen LogP contribution in [-0.2, 0) is 10.2 Å². The van der Waals surface area contributed by atoms with Crippen molar-refractivity contribution < 1.29 is 35.5 Å². The number of halogens is 5. The van der Waals surface area contributed by atoms with Crippen LogP contribution in [0.15, 0.2) is 42.5 Å². The first-order valence-electron chi connectivity index (χ1n) is 8.67. The molecular formula is C19H13F4IN4O4S. The summed E-state index contributed by atoms with van der Waals surface area (Å²) < 4.78 is 86.9. The number of anilines is 3. The van der Waals surface area contributed by atoms with Crippen molar-refractivity contribution in [2.75, 3.05) is 10.0 Å². The Bertz CT molecular complexity index is 1370. The predicted molar refractivity (Wildman–Crippen MR) is 120 cm³/mol. The number of nitrogens with two attached hydrogens (primary N) is 2. The predicted octanol–water partition coefficient (Wildman–Crippen LogP) is 4.10. The lowest BCUT2D eigenvalue weighted by Gasteiger charge is -2.17. The van der Waals surface area contributed by atoms with Crippen LogP contribution >= 0.6 is 22.6 Å². The smallest absolute Gasteiger partial charge is 0.296 e. The molecule has 14 heteroatoms. The molecule has 0 unspecified atom stereocenters. The molecule has 1 amide bonds. The number of amides is 1. The lowest BCUT2D eigenvalue weighted by molar-refractivity contribution is 0.0998. The summed E-state index contributed by atoms with van der Waals surface area (Å²) in [5, 5.41) is 7.11. The average Bonchev–Trinajstić information content (AvgIpc) is 2.69. The van der Waals surface area contributed by atoms with Gasteiger partial charge in [0.15, 0.2) is 11.6 Å². The Balaban J connectivity index is 2.10. The van der Waals surface area contributed by atoms with Crippen molar-refractivity contribution in [3.8, 4) is 11.5 Å². The Morgan fingerprint density at radius 1 is 0.939 bits per heavy atom. The quantitative estimate of drug-likeness (QED) is 0.241. The first kappa shape index (κ1) is 24.5. The number of ether oxygens (including phenoxy) is 1. The van der Waals surface area contributed by atoms with Crippen LogP contribution in [0, 0.1) is 26.8 Å². The van der Waals surface area contributed by atoms with Crippen molar-refractivity contribution in [2.45, 2.75) is 0 Å². The van der Waals surface area contributed by atoms with E-state index in [-0.39, 0.29) is 11.4 Å². The molecule has 0 aliphatic heterocycles. The molecule has 174 valence electrons. The molecule has 0 aliphatic rings. The molecular weight excluding hydrogens is 583 g/mol. The molecule has 0 aliphatic carbocycles. The Hall–Kier alpha value is -3.11. The Morgan fingerprint density at radius 2 is 1.64 bits per heavy atom. The van der Waals surface area contributed by atoms with E-state index in [1.165, 1.54) is 12.1 Å². The maximum atomic E-state index is 14.6. The highest BCUT2D eigenvalue weighted by atomic mass is 127. The fraction of sp³-hybridized carbons (Fsp3) is 0. The van der Waals surface area contributed by atoms with Crippen LogP contribution in [0.5, 0.6) is 11.5 Å². The Kier molecular flexibility index (Phi) is 6.99. The zero-order valence-corrected chi connectivity index (χ0v) is 19.1. The van der Waals surface area contributed by atoms with E-state index >= 15 is 0 Å². The largest absolute Gasteiger partial charge is 0.456 e. The van der Waals surface area contributed by atoms with E-state index in [0.29, 0.717) is 9.64 Å². The van der Waals surface area contributed by atoms with Crippen LogP contribution in [0.1, 0.15) is 10.4 Å². The van der Waals surface area contributed by atoms with Crippen LogP contribution in [0.3, 0.4) is 0 Å². The highest BCUT2D eigenvalue weighted by molar-refractivity contribution is 14.1. The topological polar surface area (TPSA) is 137 Å². The molecule has 3 aromatic carbocycles. The van der Waals surface area contributed by atoms with Gasteiger partial charge in [-0.3, -0.25) is 9.52 Å². The summed E-state index contributed by atoms with van der Waals surface area (Å²) in [6.07, 6.45) is 0. The van der Waals surface area contributed by atoms with Crippen LogP contribution < -0.4 is 25.6 Å². The summed E-state index contributed by atoms with van der Waals surface area (Å²) in [4.78, 5) is 12.1. The van der Waals surface area contributed by atoms with E-state index in [4.69, 9.17) is 15.6 Å². The highest BCUT2D eigenvalue weighted by Gasteiger charge is 2.25. The normalized spacial score (nSPS) is 11.2. The van der Waals surface area contributed by atoms with Crippen molar-refractivity contribution >= 4 is 55.8 Å². The molecule has 3 rings (SSSR count). The van der Waals surface area contributed by atoms with Gasteiger partial charge in [-0.15, -0.1) is 0 Å². The molecule has 0 fully saturated rings. The van der Waals surface area contributed by atoms with Crippen molar-refractivity contribution in [1.29, 1.82) is 0 Å². The van der Waals surface area contributed by atoms with Gasteiger partial charge in [-0.25, -0.2) is 22.7 Å².